The maximum Gasteiger partial charge on any atom is 0.251 e. The molecule has 0 saturated heterocycles. The van der Waals surface area contributed by atoms with Gasteiger partial charge in [-0.3, -0.25) is 0 Å². The highest BCUT2D eigenvalue weighted by molar-refractivity contribution is 6.35. The van der Waals surface area contributed by atoms with Crippen LogP contribution < -0.4 is 10.2 Å². The third-order valence-corrected chi connectivity index (χ3v) is 3.93. The zero-order chi connectivity index (χ0) is 16.9. The Hall–Kier alpha value is -2.37. The molecule has 0 aliphatic rings. The molecule has 1 N–H and O–H groups in total. The molecule has 0 aliphatic heterocycles. The van der Waals surface area contributed by atoms with Gasteiger partial charge in [-0.05, 0) is 37.3 Å². The molecule has 122 valence electrons. The first-order valence-corrected chi connectivity index (χ1v) is 8.17. The van der Waals surface area contributed by atoms with Crippen LogP contribution in [0.5, 0.6) is 0 Å². The van der Waals surface area contributed by atoms with E-state index >= 15 is 0 Å². The lowest BCUT2D eigenvalue weighted by atomic mass is 10.3. The minimum absolute atomic E-state index is 0.506. The molecule has 5 nitrogen and oxygen atoms in total. The summed E-state index contributed by atoms with van der Waals surface area (Å²) >= 11 is 12.2. The number of nitrogens with zero attached hydrogens (tertiary/aromatic N) is 4. The van der Waals surface area contributed by atoms with Crippen LogP contribution in [-0.4, -0.2) is 21.7 Å². The molecule has 0 unspecified atom stereocenters. The van der Waals surface area contributed by atoms with Crippen molar-refractivity contribution in [1.82, 2.24) is 15.2 Å². The average Bonchev–Trinajstić information content (AvgIpc) is 2.60. The van der Waals surface area contributed by atoms with E-state index in [0.29, 0.717) is 34.0 Å². The van der Waals surface area contributed by atoms with E-state index in [4.69, 9.17) is 23.2 Å². The summed E-state index contributed by atoms with van der Waals surface area (Å²) in [4.78, 5) is 6.50. The molecule has 1 heterocycles. The summed E-state index contributed by atoms with van der Waals surface area (Å²) < 4.78 is 0. The monoisotopic (exact) mass is 359 g/mol. The van der Waals surface area contributed by atoms with Gasteiger partial charge in [0.2, 0.25) is 0 Å². The summed E-state index contributed by atoms with van der Waals surface area (Å²) in [5.74, 6) is 1.05. The first-order valence-electron chi connectivity index (χ1n) is 7.41. The lowest BCUT2D eigenvalue weighted by Crippen LogP contribution is -2.19. The second kappa shape index (κ2) is 7.47. The van der Waals surface area contributed by atoms with E-state index in [-0.39, 0.29) is 0 Å². The van der Waals surface area contributed by atoms with Gasteiger partial charge in [0.1, 0.15) is 0 Å². The summed E-state index contributed by atoms with van der Waals surface area (Å²) in [7, 11) is 0. The molecular formula is C17H15Cl2N5. The quantitative estimate of drug-likeness (QED) is 0.688. The molecular weight excluding hydrogens is 345 g/mol. The van der Waals surface area contributed by atoms with E-state index in [1.54, 1.807) is 24.4 Å². The van der Waals surface area contributed by atoms with Crippen molar-refractivity contribution < 1.29 is 0 Å². The molecule has 0 fully saturated rings. The molecule has 0 spiro atoms. The smallest absolute Gasteiger partial charge is 0.251 e. The van der Waals surface area contributed by atoms with Gasteiger partial charge in [0.15, 0.2) is 5.82 Å². The van der Waals surface area contributed by atoms with Crippen molar-refractivity contribution in [2.75, 3.05) is 16.8 Å². The van der Waals surface area contributed by atoms with E-state index in [1.165, 1.54) is 0 Å². The molecule has 24 heavy (non-hydrogen) atoms. The largest absolute Gasteiger partial charge is 0.338 e. The minimum atomic E-state index is 0.506. The standard InChI is InChI=1S/C17H15Cl2N5/c1-2-24(13-6-4-3-5-7-13)17-22-16(11-20-23-17)21-15-10-12(18)8-9-14(15)19/h3-11H,2H2,1H3,(H,21,22,23). The third kappa shape index (κ3) is 3.75. The van der Waals surface area contributed by atoms with Gasteiger partial charge in [-0.2, -0.15) is 10.1 Å². The van der Waals surface area contributed by atoms with E-state index in [9.17, 15) is 0 Å². The Morgan fingerprint density at radius 2 is 1.88 bits per heavy atom. The van der Waals surface area contributed by atoms with Crippen LogP contribution in [0.25, 0.3) is 0 Å². The molecule has 0 saturated carbocycles. The molecule has 0 amide bonds. The van der Waals surface area contributed by atoms with E-state index in [2.05, 4.69) is 20.5 Å². The van der Waals surface area contributed by atoms with Crippen LogP contribution in [0.3, 0.4) is 0 Å². The predicted octanol–water partition coefficient (Wildman–Crippen LogP) is 5.08. The highest BCUT2D eigenvalue weighted by Gasteiger charge is 2.12. The zero-order valence-electron chi connectivity index (χ0n) is 12.9. The SMILES string of the molecule is CCN(c1ccccc1)c1nncc(Nc2cc(Cl)ccc2Cl)n1. The van der Waals surface area contributed by atoms with Crippen LogP contribution in [0.2, 0.25) is 10.0 Å². The van der Waals surface area contributed by atoms with Crippen LogP contribution in [-0.2, 0) is 0 Å². The second-order valence-corrected chi connectivity index (χ2v) is 5.81. The van der Waals surface area contributed by atoms with Gasteiger partial charge in [0, 0.05) is 17.3 Å². The van der Waals surface area contributed by atoms with Gasteiger partial charge in [0.25, 0.3) is 5.95 Å². The number of nitrogens with one attached hydrogen (secondary N) is 1. The third-order valence-electron chi connectivity index (χ3n) is 3.36. The van der Waals surface area contributed by atoms with E-state index < -0.39 is 0 Å². The Morgan fingerprint density at radius 1 is 1.08 bits per heavy atom. The van der Waals surface area contributed by atoms with Gasteiger partial charge < -0.3 is 10.2 Å². The van der Waals surface area contributed by atoms with Crippen molar-refractivity contribution in [3.8, 4) is 0 Å². The highest BCUT2D eigenvalue weighted by Crippen LogP contribution is 2.28. The topological polar surface area (TPSA) is 53.9 Å². The lowest BCUT2D eigenvalue weighted by molar-refractivity contribution is 0.887. The number of hydrogen-bond acceptors (Lipinski definition) is 5. The molecule has 3 aromatic rings. The van der Waals surface area contributed by atoms with Crippen LogP contribution in [0.1, 0.15) is 6.92 Å². The number of halogens is 2. The summed E-state index contributed by atoms with van der Waals surface area (Å²) in [6.07, 6.45) is 1.54. The normalized spacial score (nSPS) is 10.5. The molecule has 0 aliphatic carbocycles. The Morgan fingerprint density at radius 3 is 2.62 bits per heavy atom. The Bertz CT molecular complexity index is 826. The van der Waals surface area contributed by atoms with Crippen LogP contribution in [0.4, 0.5) is 23.1 Å². The molecule has 3 rings (SSSR count). The first-order chi connectivity index (χ1) is 11.7. The number of rotatable bonds is 5. The molecule has 2 aromatic carbocycles. The molecule has 7 heteroatoms. The van der Waals surface area contributed by atoms with Gasteiger partial charge >= 0.3 is 0 Å². The fourth-order valence-corrected chi connectivity index (χ4v) is 2.58. The maximum absolute atomic E-state index is 6.18. The van der Waals surface area contributed by atoms with Crippen molar-refractivity contribution in [3.05, 3.63) is 64.8 Å². The number of para-hydroxylation sites is 1. The highest BCUT2D eigenvalue weighted by atomic mass is 35.5. The molecule has 0 atom stereocenters. The number of anilines is 4. The van der Waals surface area contributed by atoms with Gasteiger partial charge in [0.05, 0.1) is 16.9 Å². The van der Waals surface area contributed by atoms with Gasteiger partial charge in [-0.1, -0.05) is 41.4 Å². The van der Waals surface area contributed by atoms with Crippen molar-refractivity contribution in [1.29, 1.82) is 0 Å². The molecule has 1 aromatic heterocycles. The van der Waals surface area contributed by atoms with Gasteiger partial charge in [-0.15, -0.1) is 5.10 Å². The van der Waals surface area contributed by atoms with Crippen LogP contribution in [0, 0.1) is 0 Å². The lowest BCUT2D eigenvalue weighted by Gasteiger charge is -2.20. The average molecular weight is 360 g/mol. The van der Waals surface area contributed by atoms with Crippen molar-refractivity contribution in [2.45, 2.75) is 6.92 Å². The molecule has 0 bridgehead atoms. The number of hydrogen-bond donors (Lipinski definition) is 1. The van der Waals surface area contributed by atoms with Crippen molar-refractivity contribution in [2.24, 2.45) is 0 Å². The number of aromatic nitrogens is 3. The van der Waals surface area contributed by atoms with E-state index in [0.717, 1.165) is 5.69 Å². The maximum atomic E-state index is 6.18. The summed E-state index contributed by atoms with van der Waals surface area (Å²) in [5, 5.41) is 12.4. The Balaban J connectivity index is 1.90. The summed E-state index contributed by atoms with van der Waals surface area (Å²) in [6.45, 7) is 2.75. The first kappa shape index (κ1) is 16.5. The Labute approximate surface area is 150 Å². The summed E-state index contributed by atoms with van der Waals surface area (Å²) in [6, 6.07) is 15.1. The van der Waals surface area contributed by atoms with E-state index in [1.807, 2.05) is 42.2 Å². The summed E-state index contributed by atoms with van der Waals surface area (Å²) in [5.41, 5.74) is 1.66. The van der Waals surface area contributed by atoms with Crippen molar-refractivity contribution in [3.63, 3.8) is 0 Å². The number of benzene rings is 2. The Kier molecular flexibility index (Phi) is 5.13. The second-order valence-electron chi connectivity index (χ2n) is 4.97. The minimum Gasteiger partial charge on any atom is -0.338 e. The fraction of sp³-hybridized carbons (Fsp3) is 0.118. The zero-order valence-corrected chi connectivity index (χ0v) is 14.5. The molecule has 0 radical (unpaired) electrons. The van der Waals surface area contributed by atoms with Gasteiger partial charge in [-0.25, -0.2) is 0 Å². The van der Waals surface area contributed by atoms with Crippen molar-refractivity contribution >= 4 is 46.3 Å². The van der Waals surface area contributed by atoms with Crippen LogP contribution >= 0.6 is 23.2 Å². The predicted molar refractivity (Wildman–Crippen MR) is 98.7 cm³/mol. The fourth-order valence-electron chi connectivity index (χ4n) is 2.25. The van der Waals surface area contributed by atoms with Crippen LogP contribution in [0.15, 0.2) is 54.7 Å².